The number of thiazole rings is 1. The van der Waals surface area contributed by atoms with E-state index in [1.54, 1.807) is 6.20 Å². The van der Waals surface area contributed by atoms with Crippen molar-refractivity contribution in [3.05, 3.63) is 83.4 Å². The normalized spacial score (nSPS) is 11.3. The highest BCUT2D eigenvalue weighted by molar-refractivity contribution is 7.13. The molecule has 7 heteroatoms. The molecule has 1 N–H and O–H groups in total. The number of nitrogens with one attached hydrogen (secondary N) is 1. The van der Waals surface area contributed by atoms with Gasteiger partial charge in [0.1, 0.15) is 10.8 Å². The molecule has 0 bridgehead atoms. The number of fused-ring (bicyclic) bond motifs is 1. The van der Waals surface area contributed by atoms with Gasteiger partial charge < -0.3 is 5.32 Å². The Morgan fingerprint density at radius 1 is 1.03 bits per heavy atom. The number of amides is 1. The molecular weight excluding hydrogens is 430 g/mol. The fourth-order valence-electron chi connectivity index (χ4n) is 3.81. The van der Waals surface area contributed by atoms with Crippen LogP contribution in [0.1, 0.15) is 35.8 Å². The third-order valence-electron chi connectivity index (χ3n) is 5.49. The fourth-order valence-corrected chi connectivity index (χ4v) is 4.57. The van der Waals surface area contributed by atoms with Crippen molar-refractivity contribution in [2.45, 2.75) is 26.8 Å². The number of aryl methyl sites for hydroxylation is 1. The van der Waals surface area contributed by atoms with Gasteiger partial charge in [-0.2, -0.15) is 5.10 Å². The molecule has 33 heavy (non-hydrogen) atoms. The van der Waals surface area contributed by atoms with Crippen LogP contribution >= 0.6 is 11.3 Å². The quantitative estimate of drug-likeness (QED) is 0.336. The number of pyridine rings is 1. The second-order valence-corrected chi connectivity index (χ2v) is 9.01. The molecular formula is C26H23N5OS. The maximum absolute atomic E-state index is 13.4. The average molecular weight is 454 g/mol. The fraction of sp³-hybridized carbons (Fsp3) is 0.154. The molecule has 1 amide bonds. The lowest BCUT2D eigenvalue weighted by atomic mass is 10.0. The Kier molecular flexibility index (Phi) is 5.48. The molecule has 0 spiro atoms. The minimum absolute atomic E-state index is 0.116. The van der Waals surface area contributed by atoms with E-state index in [1.807, 2.05) is 77.6 Å². The van der Waals surface area contributed by atoms with Gasteiger partial charge in [-0.25, -0.2) is 14.6 Å². The van der Waals surface area contributed by atoms with E-state index >= 15 is 0 Å². The second-order valence-electron chi connectivity index (χ2n) is 8.15. The van der Waals surface area contributed by atoms with Gasteiger partial charge in [0.2, 0.25) is 0 Å². The maximum Gasteiger partial charge on any atom is 0.257 e. The van der Waals surface area contributed by atoms with E-state index < -0.39 is 0 Å². The van der Waals surface area contributed by atoms with E-state index in [9.17, 15) is 4.79 Å². The van der Waals surface area contributed by atoms with Crippen LogP contribution in [0.3, 0.4) is 0 Å². The molecule has 0 saturated carbocycles. The molecule has 2 aromatic carbocycles. The van der Waals surface area contributed by atoms with Crippen LogP contribution in [-0.2, 0) is 0 Å². The van der Waals surface area contributed by atoms with Gasteiger partial charge >= 0.3 is 0 Å². The highest BCUT2D eigenvalue weighted by atomic mass is 32.1. The standard InChI is InChI=1S/C26H23N5OS/c1-16(2)31-24-21(14-27-31)20(13-22(28-24)19-12-8-7-9-17(19)3)25(32)29-23-15-33-26(30-23)18-10-5-4-6-11-18/h4-16H,1-3H3,(H,29,32). The van der Waals surface area contributed by atoms with Crippen LogP contribution in [0.25, 0.3) is 32.9 Å². The lowest BCUT2D eigenvalue weighted by Gasteiger charge is -2.11. The molecule has 0 aliphatic heterocycles. The summed E-state index contributed by atoms with van der Waals surface area (Å²) in [6, 6.07) is 19.9. The first kappa shape index (κ1) is 21.0. The summed E-state index contributed by atoms with van der Waals surface area (Å²) in [6.07, 6.45) is 1.72. The Balaban J connectivity index is 1.56. The van der Waals surface area contributed by atoms with Crippen molar-refractivity contribution in [2.24, 2.45) is 0 Å². The lowest BCUT2D eigenvalue weighted by molar-refractivity contribution is 0.102. The van der Waals surface area contributed by atoms with Gasteiger partial charge in [-0.05, 0) is 32.4 Å². The van der Waals surface area contributed by atoms with Crippen LogP contribution in [0.15, 0.2) is 72.2 Å². The zero-order valence-electron chi connectivity index (χ0n) is 18.6. The summed E-state index contributed by atoms with van der Waals surface area (Å²) < 4.78 is 1.85. The van der Waals surface area contributed by atoms with Gasteiger partial charge in [-0.1, -0.05) is 54.6 Å². The van der Waals surface area contributed by atoms with E-state index in [2.05, 4.69) is 29.2 Å². The van der Waals surface area contributed by atoms with Crippen LogP contribution in [-0.4, -0.2) is 25.7 Å². The first-order valence-electron chi connectivity index (χ1n) is 10.8. The molecule has 0 atom stereocenters. The zero-order valence-corrected chi connectivity index (χ0v) is 19.4. The van der Waals surface area contributed by atoms with E-state index in [4.69, 9.17) is 4.98 Å². The van der Waals surface area contributed by atoms with Crippen LogP contribution in [0, 0.1) is 6.92 Å². The Bertz CT molecular complexity index is 1450. The van der Waals surface area contributed by atoms with Gasteiger partial charge in [0.25, 0.3) is 5.91 Å². The number of carbonyl (C=O) groups is 1. The number of nitrogens with zero attached hydrogens (tertiary/aromatic N) is 4. The van der Waals surface area contributed by atoms with Crippen molar-refractivity contribution in [3.63, 3.8) is 0 Å². The number of aromatic nitrogens is 4. The van der Waals surface area contributed by atoms with Crippen LogP contribution in [0.4, 0.5) is 5.82 Å². The molecule has 0 radical (unpaired) electrons. The third kappa shape index (κ3) is 4.03. The number of hydrogen-bond donors (Lipinski definition) is 1. The van der Waals surface area contributed by atoms with E-state index in [0.717, 1.165) is 32.8 Å². The smallest absolute Gasteiger partial charge is 0.257 e. The number of benzene rings is 2. The predicted octanol–water partition coefficient (Wildman–Crippen LogP) is 6.36. The van der Waals surface area contributed by atoms with Crippen molar-refractivity contribution in [1.82, 2.24) is 19.7 Å². The molecule has 0 saturated heterocycles. The first-order chi connectivity index (χ1) is 16.0. The maximum atomic E-state index is 13.4. The van der Waals surface area contributed by atoms with E-state index in [-0.39, 0.29) is 11.9 Å². The first-order valence-corrected chi connectivity index (χ1v) is 11.7. The molecule has 6 nitrogen and oxygen atoms in total. The van der Waals surface area contributed by atoms with E-state index in [1.165, 1.54) is 11.3 Å². The van der Waals surface area contributed by atoms with Gasteiger partial charge in [0, 0.05) is 22.5 Å². The minimum atomic E-state index is -0.231. The Labute approximate surface area is 196 Å². The number of hydrogen-bond acceptors (Lipinski definition) is 5. The van der Waals surface area contributed by atoms with Gasteiger partial charge in [0.05, 0.1) is 22.8 Å². The SMILES string of the molecule is Cc1ccccc1-c1cc(C(=O)Nc2csc(-c3ccccc3)n2)c2cnn(C(C)C)c2n1. The van der Waals surface area contributed by atoms with Gasteiger partial charge in [-0.15, -0.1) is 11.3 Å². The number of anilines is 1. The third-order valence-corrected chi connectivity index (χ3v) is 6.38. The monoisotopic (exact) mass is 453 g/mol. The van der Waals surface area contributed by atoms with Crippen LogP contribution < -0.4 is 5.32 Å². The molecule has 0 aliphatic rings. The molecule has 3 heterocycles. The summed E-state index contributed by atoms with van der Waals surface area (Å²) in [5.74, 6) is 0.299. The average Bonchev–Trinajstić information content (AvgIpc) is 3.46. The Morgan fingerprint density at radius 2 is 1.79 bits per heavy atom. The van der Waals surface area contributed by atoms with Crippen molar-refractivity contribution >= 4 is 34.1 Å². The van der Waals surface area contributed by atoms with Gasteiger partial charge in [-0.3, -0.25) is 4.79 Å². The molecule has 164 valence electrons. The molecule has 0 aliphatic carbocycles. The predicted molar refractivity (Wildman–Crippen MR) is 134 cm³/mol. The van der Waals surface area contributed by atoms with Crippen molar-refractivity contribution < 1.29 is 4.79 Å². The van der Waals surface area contributed by atoms with Crippen molar-refractivity contribution in [2.75, 3.05) is 5.32 Å². The lowest BCUT2D eigenvalue weighted by Crippen LogP contribution is -2.13. The molecule has 0 unspecified atom stereocenters. The second kappa shape index (κ2) is 8.60. The molecule has 5 aromatic rings. The van der Waals surface area contributed by atoms with Crippen LogP contribution in [0.5, 0.6) is 0 Å². The highest BCUT2D eigenvalue weighted by Gasteiger charge is 2.20. The summed E-state index contributed by atoms with van der Waals surface area (Å²) in [7, 11) is 0. The Hall–Kier alpha value is -3.84. The highest BCUT2D eigenvalue weighted by Crippen LogP contribution is 2.30. The van der Waals surface area contributed by atoms with Crippen molar-refractivity contribution in [1.29, 1.82) is 0 Å². The van der Waals surface area contributed by atoms with Crippen LogP contribution in [0.2, 0.25) is 0 Å². The summed E-state index contributed by atoms with van der Waals surface area (Å²) in [5.41, 5.74) is 5.08. The van der Waals surface area contributed by atoms with Gasteiger partial charge in [0.15, 0.2) is 5.65 Å². The Morgan fingerprint density at radius 3 is 2.55 bits per heavy atom. The number of carbonyl (C=O) groups excluding carboxylic acids is 1. The largest absolute Gasteiger partial charge is 0.306 e. The molecule has 5 rings (SSSR count). The topological polar surface area (TPSA) is 72.7 Å². The summed E-state index contributed by atoms with van der Waals surface area (Å²) in [6.45, 7) is 6.14. The summed E-state index contributed by atoms with van der Waals surface area (Å²) >= 11 is 1.50. The van der Waals surface area contributed by atoms with E-state index in [0.29, 0.717) is 17.0 Å². The zero-order chi connectivity index (χ0) is 22.9. The minimum Gasteiger partial charge on any atom is -0.306 e. The summed E-state index contributed by atoms with van der Waals surface area (Å²) in [4.78, 5) is 22.9. The van der Waals surface area contributed by atoms with Crippen molar-refractivity contribution in [3.8, 4) is 21.8 Å². The summed E-state index contributed by atoms with van der Waals surface area (Å²) in [5, 5.41) is 10.9. The molecule has 0 fully saturated rings. The number of rotatable bonds is 5. The molecule has 3 aromatic heterocycles.